The monoisotopic (exact) mass is 565 g/mol. The van der Waals surface area contributed by atoms with Gasteiger partial charge in [-0.05, 0) is 72.7 Å². The van der Waals surface area contributed by atoms with E-state index in [-0.39, 0.29) is 24.4 Å². The number of nitrogens with one attached hydrogen (secondary N) is 2. The summed E-state index contributed by atoms with van der Waals surface area (Å²) < 4.78 is 27.8. The molecule has 0 saturated heterocycles. The Morgan fingerprint density at radius 2 is 1.46 bits per heavy atom. The van der Waals surface area contributed by atoms with Crippen LogP contribution < -0.4 is 10.6 Å². The highest BCUT2D eigenvalue weighted by molar-refractivity contribution is 5.99. The molecule has 3 aromatic carbocycles. The Labute approximate surface area is 241 Å². The molecular formula is C33H41F2N3O3. The van der Waals surface area contributed by atoms with Gasteiger partial charge in [0, 0.05) is 43.4 Å². The van der Waals surface area contributed by atoms with Crippen LogP contribution in [-0.4, -0.2) is 53.6 Å². The summed E-state index contributed by atoms with van der Waals surface area (Å²) in [5.41, 5.74) is 3.24. The van der Waals surface area contributed by atoms with Crippen molar-refractivity contribution in [3.63, 3.8) is 0 Å². The molecular weight excluding hydrogens is 524 g/mol. The van der Waals surface area contributed by atoms with Gasteiger partial charge in [-0.25, -0.2) is 8.78 Å². The van der Waals surface area contributed by atoms with Gasteiger partial charge in [0.2, 0.25) is 0 Å². The quantitative estimate of drug-likeness (QED) is 0.234. The van der Waals surface area contributed by atoms with Crippen molar-refractivity contribution in [2.45, 2.75) is 65.1 Å². The predicted octanol–water partition coefficient (Wildman–Crippen LogP) is 5.28. The van der Waals surface area contributed by atoms with Gasteiger partial charge in [-0.2, -0.15) is 0 Å². The summed E-state index contributed by atoms with van der Waals surface area (Å²) in [5.74, 6) is -2.10. The summed E-state index contributed by atoms with van der Waals surface area (Å²) in [7, 11) is 0. The fourth-order valence-corrected chi connectivity index (χ4v) is 4.81. The van der Waals surface area contributed by atoms with E-state index in [9.17, 15) is 23.5 Å². The van der Waals surface area contributed by atoms with E-state index >= 15 is 0 Å². The molecule has 0 saturated carbocycles. The molecule has 0 fully saturated rings. The Hall–Kier alpha value is -3.62. The van der Waals surface area contributed by atoms with E-state index in [2.05, 4.69) is 29.7 Å². The SMILES string of the molecule is CCCN(CCC)C(=O)c1cccc(C(=O)NC(Cc2cc(F)cc(F)c2)C(O)CNCc2cccc(CC)c2)c1. The highest BCUT2D eigenvalue weighted by Crippen LogP contribution is 2.15. The molecule has 6 nitrogen and oxygen atoms in total. The maximum Gasteiger partial charge on any atom is 0.253 e. The van der Waals surface area contributed by atoms with Gasteiger partial charge in [0.1, 0.15) is 11.6 Å². The molecule has 0 aliphatic carbocycles. The van der Waals surface area contributed by atoms with Crippen LogP contribution in [0.2, 0.25) is 0 Å². The number of benzene rings is 3. The molecule has 3 N–H and O–H groups in total. The van der Waals surface area contributed by atoms with E-state index in [1.165, 1.54) is 17.7 Å². The lowest BCUT2D eigenvalue weighted by atomic mass is 9.99. The molecule has 2 atom stereocenters. The summed E-state index contributed by atoms with van der Waals surface area (Å²) in [6.45, 7) is 7.99. The molecule has 2 unspecified atom stereocenters. The molecule has 0 heterocycles. The van der Waals surface area contributed by atoms with Crippen LogP contribution in [0.1, 0.15) is 71.0 Å². The van der Waals surface area contributed by atoms with Gasteiger partial charge >= 0.3 is 0 Å². The van der Waals surface area contributed by atoms with Gasteiger partial charge in [0.25, 0.3) is 11.8 Å². The maximum absolute atomic E-state index is 13.9. The molecule has 0 aromatic heterocycles. The summed E-state index contributed by atoms with van der Waals surface area (Å²) in [6.07, 6.45) is 1.51. The molecule has 0 radical (unpaired) electrons. The van der Waals surface area contributed by atoms with Crippen molar-refractivity contribution in [1.29, 1.82) is 0 Å². The third-order valence-corrected chi connectivity index (χ3v) is 6.89. The maximum atomic E-state index is 13.9. The van der Waals surface area contributed by atoms with Crippen molar-refractivity contribution >= 4 is 11.8 Å². The van der Waals surface area contributed by atoms with Crippen molar-refractivity contribution in [3.8, 4) is 0 Å². The molecule has 220 valence electrons. The zero-order valence-corrected chi connectivity index (χ0v) is 24.1. The number of hydrogen-bond donors (Lipinski definition) is 3. The van der Waals surface area contributed by atoms with E-state index in [1.807, 2.05) is 26.0 Å². The van der Waals surface area contributed by atoms with Crippen molar-refractivity contribution < 1.29 is 23.5 Å². The third kappa shape index (κ3) is 9.76. The Kier molecular flexibility index (Phi) is 12.4. The first kappa shape index (κ1) is 31.9. The zero-order chi connectivity index (χ0) is 29.8. The van der Waals surface area contributed by atoms with Gasteiger partial charge in [-0.15, -0.1) is 0 Å². The number of aryl methyl sites for hydroxylation is 1. The number of halogens is 2. The van der Waals surface area contributed by atoms with Gasteiger partial charge in [-0.3, -0.25) is 9.59 Å². The fourth-order valence-electron chi connectivity index (χ4n) is 4.81. The third-order valence-electron chi connectivity index (χ3n) is 6.89. The lowest BCUT2D eigenvalue weighted by molar-refractivity contribution is 0.0755. The number of aliphatic hydroxyl groups is 1. The number of carbonyl (C=O) groups is 2. The van der Waals surface area contributed by atoms with Crippen LogP contribution in [0.4, 0.5) is 8.78 Å². The van der Waals surface area contributed by atoms with Gasteiger partial charge in [0.05, 0.1) is 12.1 Å². The largest absolute Gasteiger partial charge is 0.390 e. The number of rotatable bonds is 15. The second kappa shape index (κ2) is 16.0. The molecule has 3 rings (SSSR count). The van der Waals surface area contributed by atoms with E-state index in [0.717, 1.165) is 30.9 Å². The molecule has 41 heavy (non-hydrogen) atoms. The first-order chi connectivity index (χ1) is 19.7. The van der Waals surface area contributed by atoms with Gasteiger partial charge in [0.15, 0.2) is 0 Å². The normalized spacial score (nSPS) is 12.5. The summed E-state index contributed by atoms with van der Waals surface area (Å²) in [4.78, 5) is 28.2. The Morgan fingerprint density at radius 1 is 0.829 bits per heavy atom. The summed E-state index contributed by atoms with van der Waals surface area (Å²) in [5, 5.41) is 17.1. The molecule has 8 heteroatoms. The number of amides is 2. The standard InChI is InChI=1S/C33H41F2N3O3/c1-4-13-38(14-5-2)33(41)27-12-8-11-26(19-27)32(40)37-30(18-25-16-28(34)20-29(35)17-25)31(39)22-36-21-24-10-7-9-23(6-3)15-24/h7-12,15-17,19-20,30-31,36,39H,4-6,13-14,18,21-22H2,1-3H3,(H,37,40). The lowest BCUT2D eigenvalue weighted by Crippen LogP contribution is -2.48. The second-order valence-corrected chi connectivity index (χ2v) is 10.3. The minimum Gasteiger partial charge on any atom is -0.390 e. The summed E-state index contributed by atoms with van der Waals surface area (Å²) >= 11 is 0. The topological polar surface area (TPSA) is 81.7 Å². The smallest absolute Gasteiger partial charge is 0.253 e. The molecule has 2 amide bonds. The first-order valence-electron chi connectivity index (χ1n) is 14.4. The second-order valence-electron chi connectivity index (χ2n) is 10.3. The lowest BCUT2D eigenvalue weighted by Gasteiger charge is -2.25. The number of hydrogen-bond acceptors (Lipinski definition) is 4. The first-order valence-corrected chi connectivity index (χ1v) is 14.4. The molecule has 0 bridgehead atoms. The Morgan fingerprint density at radius 3 is 2.12 bits per heavy atom. The number of carbonyl (C=O) groups excluding carboxylic acids is 2. The van der Waals surface area contributed by atoms with E-state index in [1.54, 1.807) is 29.2 Å². The average Bonchev–Trinajstić information content (AvgIpc) is 2.96. The van der Waals surface area contributed by atoms with Crippen molar-refractivity contribution in [2.75, 3.05) is 19.6 Å². The Bertz CT molecular complexity index is 1270. The molecule has 0 aliphatic rings. The van der Waals surface area contributed by atoms with Gasteiger partial charge < -0.3 is 20.6 Å². The number of nitrogens with zero attached hydrogens (tertiary/aromatic N) is 1. The van der Waals surface area contributed by atoms with Crippen LogP contribution in [0.15, 0.2) is 66.7 Å². The molecule has 0 aliphatic heterocycles. The van der Waals surface area contributed by atoms with Crippen LogP contribution >= 0.6 is 0 Å². The van der Waals surface area contributed by atoms with Crippen molar-refractivity contribution in [2.24, 2.45) is 0 Å². The van der Waals surface area contributed by atoms with Gasteiger partial charge in [-0.1, -0.05) is 51.1 Å². The van der Waals surface area contributed by atoms with E-state index in [4.69, 9.17) is 0 Å². The summed E-state index contributed by atoms with van der Waals surface area (Å²) in [6, 6.07) is 16.9. The van der Waals surface area contributed by atoms with Crippen LogP contribution in [0, 0.1) is 11.6 Å². The van der Waals surface area contributed by atoms with Crippen molar-refractivity contribution in [3.05, 3.63) is 106 Å². The minimum absolute atomic E-state index is 0.00792. The van der Waals surface area contributed by atoms with Crippen LogP contribution in [0.5, 0.6) is 0 Å². The average molecular weight is 566 g/mol. The van der Waals surface area contributed by atoms with Crippen molar-refractivity contribution in [1.82, 2.24) is 15.5 Å². The van der Waals surface area contributed by atoms with E-state index in [0.29, 0.717) is 30.8 Å². The van der Waals surface area contributed by atoms with Crippen LogP contribution in [-0.2, 0) is 19.4 Å². The fraction of sp³-hybridized carbons (Fsp3) is 0.394. The Balaban J connectivity index is 1.76. The minimum atomic E-state index is -1.06. The predicted molar refractivity (Wildman–Crippen MR) is 158 cm³/mol. The molecule has 0 spiro atoms. The van der Waals surface area contributed by atoms with Crippen LogP contribution in [0.25, 0.3) is 0 Å². The zero-order valence-electron chi connectivity index (χ0n) is 24.1. The molecule has 3 aromatic rings. The van der Waals surface area contributed by atoms with Crippen LogP contribution in [0.3, 0.4) is 0 Å². The van der Waals surface area contributed by atoms with E-state index < -0.39 is 29.7 Å². The number of aliphatic hydroxyl groups excluding tert-OH is 1. The highest BCUT2D eigenvalue weighted by atomic mass is 19.1. The highest BCUT2D eigenvalue weighted by Gasteiger charge is 2.24.